The Morgan fingerprint density at radius 3 is 2.46 bits per heavy atom. The number of nitrogens with zero attached hydrogens (tertiary/aromatic N) is 1. The summed E-state index contributed by atoms with van der Waals surface area (Å²) in [6.45, 7) is 3.72. The van der Waals surface area contributed by atoms with Crippen molar-refractivity contribution in [3.05, 3.63) is 89.1 Å². The van der Waals surface area contributed by atoms with Crippen molar-refractivity contribution in [1.82, 2.24) is 4.90 Å². The summed E-state index contributed by atoms with van der Waals surface area (Å²) in [4.78, 5) is 26.7. The topological polar surface area (TPSA) is 62.6 Å². The van der Waals surface area contributed by atoms with Crippen LogP contribution in [-0.4, -0.2) is 23.8 Å². The van der Waals surface area contributed by atoms with E-state index in [4.69, 9.17) is 4.42 Å². The molecule has 28 heavy (non-hydrogen) atoms. The van der Waals surface area contributed by atoms with Crippen LogP contribution in [0.5, 0.6) is 0 Å². The smallest absolute Gasteiger partial charge is 0.291 e. The van der Waals surface area contributed by atoms with Gasteiger partial charge in [0.05, 0.1) is 12.3 Å². The van der Waals surface area contributed by atoms with E-state index >= 15 is 0 Å². The van der Waals surface area contributed by atoms with Gasteiger partial charge in [0.25, 0.3) is 11.8 Å². The normalized spacial score (nSPS) is 11.7. The molecule has 3 aromatic rings. The number of carbonyl (C=O) groups is 2. The van der Waals surface area contributed by atoms with E-state index in [1.54, 1.807) is 54.4 Å². The number of benzene rings is 2. The van der Waals surface area contributed by atoms with Gasteiger partial charge in [0.2, 0.25) is 0 Å². The zero-order valence-corrected chi connectivity index (χ0v) is 15.9. The fourth-order valence-corrected chi connectivity index (χ4v) is 2.83. The molecule has 6 heteroatoms. The molecule has 0 bridgehead atoms. The highest BCUT2D eigenvalue weighted by atomic mass is 19.1. The number of amides is 2. The third-order valence-corrected chi connectivity index (χ3v) is 4.73. The van der Waals surface area contributed by atoms with Crippen molar-refractivity contribution in [3.63, 3.8) is 0 Å². The lowest BCUT2D eigenvalue weighted by molar-refractivity contribution is 0.0742. The van der Waals surface area contributed by atoms with Gasteiger partial charge >= 0.3 is 0 Å². The first-order valence-electron chi connectivity index (χ1n) is 8.85. The van der Waals surface area contributed by atoms with Gasteiger partial charge < -0.3 is 14.6 Å². The minimum Gasteiger partial charge on any atom is -0.459 e. The average Bonchev–Trinajstić information content (AvgIpc) is 3.23. The predicted octanol–water partition coefficient (Wildman–Crippen LogP) is 4.81. The molecule has 0 spiro atoms. The minimum atomic E-state index is -0.384. The van der Waals surface area contributed by atoms with Crippen LogP contribution in [0.25, 0.3) is 0 Å². The molecule has 1 heterocycles. The first-order valence-corrected chi connectivity index (χ1v) is 8.85. The Hall–Kier alpha value is -3.41. The van der Waals surface area contributed by atoms with Crippen LogP contribution < -0.4 is 5.32 Å². The van der Waals surface area contributed by atoms with Gasteiger partial charge in [-0.2, -0.15) is 0 Å². The van der Waals surface area contributed by atoms with E-state index < -0.39 is 0 Å². The quantitative estimate of drug-likeness (QED) is 0.691. The van der Waals surface area contributed by atoms with Crippen LogP contribution in [0.2, 0.25) is 0 Å². The molecule has 1 aromatic heterocycles. The Kier molecular flexibility index (Phi) is 5.59. The van der Waals surface area contributed by atoms with Gasteiger partial charge in [-0.25, -0.2) is 4.39 Å². The molecule has 0 aliphatic carbocycles. The van der Waals surface area contributed by atoms with Crippen LogP contribution >= 0.6 is 0 Å². The van der Waals surface area contributed by atoms with Gasteiger partial charge in [0.15, 0.2) is 5.76 Å². The molecule has 5 nitrogen and oxygen atoms in total. The van der Waals surface area contributed by atoms with Crippen LogP contribution in [0.3, 0.4) is 0 Å². The number of aryl methyl sites for hydroxylation is 1. The summed E-state index contributed by atoms with van der Waals surface area (Å²) >= 11 is 0. The van der Waals surface area contributed by atoms with Crippen molar-refractivity contribution >= 4 is 17.5 Å². The van der Waals surface area contributed by atoms with Crippen molar-refractivity contribution < 1.29 is 18.4 Å². The molecule has 0 radical (unpaired) electrons. The molecule has 2 amide bonds. The van der Waals surface area contributed by atoms with Gasteiger partial charge in [-0.1, -0.05) is 18.2 Å². The van der Waals surface area contributed by atoms with Crippen LogP contribution in [0, 0.1) is 12.7 Å². The Balaban J connectivity index is 1.79. The number of halogens is 1. The molecule has 3 rings (SSSR count). The number of hydrogen-bond donors (Lipinski definition) is 1. The number of furan rings is 1. The van der Waals surface area contributed by atoms with E-state index in [0.29, 0.717) is 11.3 Å². The summed E-state index contributed by atoms with van der Waals surface area (Å²) in [5.74, 6) is -0.713. The lowest BCUT2D eigenvalue weighted by atomic mass is 10.0. The third kappa shape index (κ3) is 4.11. The molecule has 1 unspecified atom stereocenters. The van der Waals surface area contributed by atoms with Crippen LogP contribution in [-0.2, 0) is 0 Å². The SMILES string of the molecule is Cc1ccc(C(=O)N(C)C(C)c2ccc(F)cc2)cc1NC(=O)c1ccco1. The van der Waals surface area contributed by atoms with Crippen molar-refractivity contribution in [1.29, 1.82) is 0 Å². The predicted molar refractivity (Wildman–Crippen MR) is 105 cm³/mol. The Morgan fingerprint density at radius 1 is 1.11 bits per heavy atom. The molecule has 1 N–H and O–H groups in total. The van der Waals surface area contributed by atoms with Gasteiger partial charge in [-0.15, -0.1) is 0 Å². The Labute approximate surface area is 162 Å². The van der Waals surface area contributed by atoms with Crippen LogP contribution in [0.15, 0.2) is 65.3 Å². The maximum Gasteiger partial charge on any atom is 0.291 e. The zero-order valence-electron chi connectivity index (χ0n) is 15.9. The summed E-state index contributed by atoms with van der Waals surface area (Å²) in [5.41, 5.74) is 2.63. The van der Waals surface area contributed by atoms with Gasteiger partial charge in [-0.05, 0) is 61.4 Å². The van der Waals surface area contributed by atoms with E-state index in [2.05, 4.69) is 5.32 Å². The number of carbonyl (C=O) groups excluding carboxylic acids is 2. The first kappa shape index (κ1) is 19.4. The van der Waals surface area contributed by atoms with Crippen molar-refractivity contribution in [2.75, 3.05) is 12.4 Å². The van der Waals surface area contributed by atoms with E-state index in [9.17, 15) is 14.0 Å². The second-order valence-electron chi connectivity index (χ2n) is 6.60. The van der Waals surface area contributed by atoms with Crippen LogP contribution in [0.1, 0.15) is 45.0 Å². The molecule has 1 atom stereocenters. The molecule has 0 fully saturated rings. The largest absolute Gasteiger partial charge is 0.459 e. The van der Waals surface area contributed by atoms with Gasteiger partial charge in [0.1, 0.15) is 5.82 Å². The molecule has 0 saturated carbocycles. The van der Waals surface area contributed by atoms with E-state index in [-0.39, 0.29) is 29.4 Å². The number of hydrogen-bond acceptors (Lipinski definition) is 3. The molecule has 2 aromatic carbocycles. The van der Waals surface area contributed by atoms with Gasteiger partial charge in [-0.3, -0.25) is 9.59 Å². The molecular formula is C22H21FN2O3. The van der Waals surface area contributed by atoms with Crippen molar-refractivity contribution in [2.45, 2.75) is 19.9 Å². The number of rotatable bonds is 5. The highest BCUT2D eigenvalue weighted by molar-refractivity contribution is 6.04. The highest BCUT2D eigenvalue weighted by Crippen LogP contribution is 2.24. The van der Waals surface area contributed by atoms with Crippen LogP contribution in [0.4, 0.5) is 10.1 Å². The molecule has 144 valence electrons. The van der Waals surface area contributed by atoms with E-state index in [1.807, 2.05) is 13.8 Å². The summed E-state index contributed by atoms with van der Waals surface area (Å²) in [5, 5.41) is 2.77. The summed E-state index contributed by atoms with van der Waals surface area (Å²) in [6, 6.07) is 14.2. The third-order valence-electron chi connectivity index (χ3n) is 4.73. The monoisotopic (exact) mass is 380 g/mol. The lowest BCUT2D eigenvalue weighted by Crippen LogP contribution is -2.29. The second-order valence-corrected chi connectivity index (χ2v) is 6.60. The average molecular weight is 380 g/mol. The van der Waals surface area contributed by atoms with E-state index in [0.717, 1.165) is 11.1 Å². The Bertz CT molecular complexity index is 982. The molecule has 0 saturated heterocycles. The second kappa shape index (κ2) is 8.08. The summed E-state index contributed by atoms with van der Waals surface area (Å²) < 4.78 is 18.2. The fraction of sp³-hybridized carbons (Fsp3) is 0.182. The minimum absolute atomic E-state index is 0.193. The highest BCUT2D eigenvalue weighted by Gasteiger charge is 2.20. The van der Waals surface area contributed by atoms with Crippen molar-refractivity contribution in [3.8, 4) is 0 Å². The number of anilines is 1. The maximum atomic E-state index is 13.1. The standard InChI is InChI=1S/C22H21FN2O3/c1-14-6-7-17(13-19(14)24-21(26)20-5-4-12-28-20)22(27)25(3)15(2)16-8-10-18(23)11-9-16/h4-13,15H,1-3H3,(H,24,26). The van der Waals surface area contributed by atoms with Crippen molar-refractivity contribution in [2.24, 2.45) is 0 Å². The van der Waals surface area contributed by atoms with E-state index in [1.165, 1.54) is 18.4 Å². The summed E-state index contributed by atoms with van der Waals surface area (Å²) in [7, 11) is 1.69. The molecule has 0 aliphatic rings. The fourth-order valence-electron chi connectivity index (χ4n) is 2.83. The molecule has 0 aliphatic heterocycles. The maximum absolute atomic E-state index is 13.1. The number of nitrogens with one attached hydrogen (secondary N) is 1. The lowest BCUT2D eigenvalue weighted by Gasteiger charge is -2.26. The zero-order chi connectivity index (χ0) is 20.3. The first-order chi connectivity index (χ1) is 13.4. The Morgan fingerprint density at radius 2 is 1.82 bits per heavy atom. The molecular weight excluding hydrogens is 359 g/mol. The van der Waals surface area contributed by atoms with Gasteiger partial charge in [0, 0.05) is 18.3 Å². The summed E-state index contributed by atoms with van der Waals surface area (Å²) in [6.07, 6.45) is 1.42.